The van der Waals surface area contributed by atoms with E-state index in [0.29, 0.717) is 11.5 Å². The monoisotopic (exact) mass is 384 g/mol. The van der Waals surface area contributed by atoms with E-state index in [-0.39, 0.29) is 12.3 Å². The van der Waals surface area contributed by atoms with E-state index in [1.165, 1.54) is 0 Å². The van der Waals surface area contributed by atoms with Gasteiger partial charge in [0.05, 0.1) is 19.8 Å². The highest BCUT2D eigenvalue weighted by Gasteiger charge is 2.11. The summed E-state index contributed by atoms with van der Waals surface area (Å²) in [5.74, 6) is 0.839. The van der Waals surface area contributed by atoms with Crippen molar-refractivity contribution in [2.75, 3.05) is 45.9 Å². The van der Waals surface area contributed by atoms with Gasteiger partial charge < -0.3 is 20.1 Å². The molecule has 1 aliphatic rings. The fourth-order valence-corrected chi connectivity index (χ4v) is 2.88. The molecule has 0 saturated carbocycles. The Bertz CT molecular complexity index is 593. The second-order valence-corrected chi connectivity index (χ2v) is 6.42. The molecule has 1 heterocycles. The lowest BCUT2D eigenvalue weighted by molar-refractivity contribution is -0.0504. The molecule has 1 aromatic carbocycles. The lowest BCUT2D eigenvalue weighted by Crippen LogP contribution is -2.40. The predicted octanol–water partition coefficient (Wildman–Crippen LogP) is 2.37. The zero-order chi connectivity index (χ0) is 19.5. The van der Waals surface area contributed by atoms with E-state index in [2.05, 4.69) is 25.3 Å². The van der Waals surface area contributed by atoms with Crippen LogP contribution in [0.2, 0.25) is 0 Å². The maximum Gasteiger partial charge on any atom is 0.387 e. The lowest BCUT2D eigenvalue weighted by atomic mass is 10.1. The van der Waals surface area contributed by atoms with E-state index in [0.717, 1.165) is 57.9 Å². The number of hydrogen-bond donors (Lipinski definition) is 2. The van der Waals surface area contributed by atoms with Gasteiger partial charge in [-0.15, -0.1) is 0 Å². The normalized spacial score (nSPS) is 15.8. The first-order valence-corrected chi connectivity index (χ1v) is 9.45. The summed E-state index contributed by atoms with van der Waals surface area (Å²) in [5, 5.41) is 6.48. The van der Waals surface area contributed by atoms with Crippen LogP contribution in [0.3, 0.4) is 0 Å². The molecule has 1 aromatic rings. The van der Waals surface area contributed by atoms with E-state index in [4.69, 9.17) is 4.74 Å². The first-order chi connectivity index (χ1) is 13.1. The van der Waals surface area contributed by atoms with Gasteiger partial charge in [-0.25, -0.2) is 4.99 Å². The molecule has 2 N–H and O–H groups in total. The molecule has 0 atom stereocenters. The van der Waals surface area contributed by atoms with E-state index in [9.17, 15) is 8.78 Å². The molecular formula is C19H30F2N4O2. The van der Waals surface area contributed by atoms with Crippen molar-refractivity contribution in [2.45, 2.75) is 33.4 Å². The van der Waals surface area contributed by atoms with Gasteiger partial charge in [0.15, 0.2) is 5.96 Å². The number of nitrogens with zero attached hydrogens (tertiary/aromatic N) is 2. The van der Waals surface area contributed by atoms with Crippen molar-refractivity contribution >= 4 is 5.96 Å². The Hall–Kier alpha value is -1.93. The number of nitrogens with one attached hydrogen (secondary N) is 2. The zero-order valence-electron chi connectivity index (χ0n) is 16.1. The van der Waals surface area contributed by atoms with Crippen LogP contribution in [0.5, 0.6) is 5.75 Å². The third kappa shape index (κ3) is 8.09. The molecular weight excluding hydrogens is 354 g/mol. The maximum atomic E-state index is 12.6. The largest absolute Gasteiger partial charge is 0.434 e. The number of aliphatic imine (C=N–C) groups is 1. The Morgan fingerprint density at radius 2 is 2.07 bits per heavy atom. The topological polar surface area (TPSA) is 58.1 Å². The Balaban J connectivity index is 1.87. The Morgan fingerprint density at radius 3 is 2.78 bits per heavy atom. The van der Waals surface area contributed by atoms with Gasteiger partial charge in [0, 0.05) is 31.7 Å². The summed E-state index contributed by atoms with van der Waals surface area (Å²) in [6.07, 6.45) is 0.995. The second-order valence-electron chi connectivity index (χ2n) is 6.42. The third-order valence-electron chi connectivity index (χ3n) is 4.23. The van der Waals surface area contributed by atoms with Crippen LogP contribution in [-0.4, -0.2) is 63.4 Å². The molecule has 8 heteroatoms. The molecule has 0 unspecified atom stereocenters. The van der Waals surface area contributed by atoms with E-state index < -0.39 is 6.61 Å². The van der Waals surface area contributed by atoms with Gasteiger partial charge in [-0.2, -0.15) is 8.78 Å². The Morgan fingerprint density at radius 1 is 1.30 bits per heavy atom. The van der Waals surface area contributed by atoms with Gasteiger partial charge in [-0.3, -0.25) is 4.90 Å². The molecule has 0 spiro atoms. The number of alkyl halides is 2. The molecule has 0 bridgehead atoms. The number of hydrogen-bond acceptors (Lipinski definition) is 4. The molecule has 27 heavy (non-hydrogen) atoms. The van der Waals surface area contributed by atoms with Gasteiger partial charge in [0.2, 0.25) is 0 Å². The van der Waals surface area contributed by atoms with Crippen LogP contribution in [0.25, 0.3) is 0 Å². The van der Waals surface area contributed by atoms with Gasteiger partial charge in [-0.1, -0.05) is 17.7 Å². The van der Waals surface area contributed by atoms with Crippen molar-refractivity contribution in [3.05, 3.63) is 29.3 Å². The summed E-state index contributed by atoms with van der Waals surface area (Å²) in [7, 11) is 0. The number of ether oxygens (including phenoxy) is 2. The van der Waals surface area contributed by atoms with Crippen molar-refractivity contribution in [2.24, 2.45) is 4.99 Å². The van der Waals surface area contributed by atoms with Crippen LogP contribution in [0.4, 0.5) is 8.78 Å². The molecule has 1 fully saturated rings. The molecule has 0 aromatic heterocycles. The minimum absolute atomic E-state index is 0.169. The number of benzene rings is 1. The fourth-order valence-electron chi connectivity index (χ4n) is 2.88. The smallest absolute Gasteiger partial charge is 0.387 e. The van der Waals surface area contributed by atoms with E-state index in [1.54, 1.807) is 12.1 Å². The molecule has 1 saturated heterocycles. The summed E-state index contributed by atoms with van der Waals surface area (Å²) in [4.78, 5) is 6.90. The highest BCUT2D eigenvalue weighted by Crippen LogP contribution is 2.22. The van der Waals surface area contributed by atoms with Crippen LogP contribution in [0.1, 0.15) is 24.5 Å². The zero-order valence-corrected chi connectivity index (χ0v) is 16.1. The van der Waals surface area contributed by atoms with Crippen molar-refractivity contribution < 1.29 is 18.3 Å². The summed E-state index contributed by atoms with van der Waals surface area (Å²) in [6.45, 7) is 7.42. The number of halogens is 2. The minimum Gasteiger partial charge on any atom is -0.434 e. The van der Waals surface area contributed by atoms with Crippen LogP contribution in [-0.2, 0) is 11.3 Å². The first-order valence-electron chi connectivity index (χ1n) is 9.45. The lowest BCUT2D eigenvalue weighted by Gasteiger charge is -2.26. The number of morpholine rings is 1. The molecule has 2 rings (SSSR count). The second kappa shape index (κ2) is 11.7. The molecule has 6 nitrogen and oxygen atoms in total. The van der Waals surface area contributed by atoms with Crippen LogP contribution in [0, 0.1) is 6.92 Å². The Kier molecular flexibility index (Phi) is 9.27. The molecule has 0 amide bonds. The number of rotatable bonds is 9. The van der Waals surface area contributed by atoms with Crippen molar-refractivity contribution in [1.29, 1.82) is 0 Å². The summed E-state index contributed by atoms with van der Waals surface area (Å²) < 4.78 is 35.1. The number of aryl methyl sites for hydroxylation is 1. The predicted molar refractivity (Wildman–Crippen MR) is 103 cm³/mol. The molecule has 0 aliphatic carbocycles. The average molecular weight is 384 g/mol. The van der Waals surface area contributed by atoms with Gasteiger partial charge in [0.1, 0.15) is 5.75 Å². The van der Waals surface area contributed by atoms with Crippen LogP contribution in [0.15, 0.2) is 23.2 Å². The van der Waals surface area contributed by atoms with Gasteiger partial charge in [0.25, 0.3) is 0 Å². The number of guanidine groups is 1. The van der Waals surface area contributed by atoms with Gasteiger partial charge in [-0.05, 0) is 32.9 Å². The SMILES string of the molecule is CCNC(=NCc1cc(C)ccc1OC(F)F)NCCCN1CCOCC1. The van der Waals surface area contributed by atoms with Crippen molar-refractivity contribution in [3.8, 4) is 5.75 Å². The van der Waals surface area contributed by atoms with E-state index >= 15 is 0 Å². The van der Waals surface area contributed by atoms with Crippen LogP contribution < -0.4 is 15.4 Å². The fraction of sp³-hybridized carbons (Fsp3) is 0.632. The highest BCUT2D eigenvalue weighted by atomic mass is 19.3. The van der Waals surface area contributed by atoms with Crippen LogP contribution >= 0.6 is 0 Å². The average Bonchev–Trinajstić information content (AvgIpc) is 2.65. The summed E-state index contributed by atoms with van der Waals surface area (Å²) >= 11 is 0. The first kappa shape index (κ1) is 21.4. The molecule has 1 aliphatic heterocycles. The quantitative estimate of drug-likeness (QED) is 0.389. The Labute approximate surface area is 159 Å². The van der Waals surface area contributed by atoms with Crippen molar-refractivity contribution in [3.63, 3.8) is 0 Å². The van der Waals surface area contributed by atoms with Gasteiger partial charge >= 0.3 is 6.61 Å². The minimum atomic E-state index is -2.85. The molecule has 152 valence electrons. The standard InChI is InChI=1S/C19H30F2N4O2/c1-3-22-19(23-7-4-8-25-9-11-26-12-10-25)24-14-16-13-15(2)5-6-17(16)27-18(20)21/h5-6,13,18H,3-4,7-12,14H2,1-2H3,(H2,22,23,24). The molecule has 0 radical (unpaired) electrons. The summed E-state index contributed by atoms with van der Waals surface area (Å²) in [5.41, 5.74) is 1.62. The highest BCUT2D eigenvalue weighted by molar-refractivity contribution is 5.79. The maximum absolute atomic E-state index is 12.6. The van der Waals surface area contributed by atoms with Crippen molar-refractivity contribution in [1.82, 2.24) is 15.5 Å². The summed E-state index contributed by atoms with van der Waals surface area (Å²) in [6, 6.07) is 5.14. The third-order valence-corrected chi connectivity index (χ3v) is 4.23. The van der Waals surface area contributed by atoms with E-state index in [1.807, 2.05) is 19.9 Å².